The number of nitrogens with one attached hydrogen (secondary N) is 2. The third-order valence-electron chi connectivity index (χ3n) is 2.42. The molecule has 2 aromatic heterocycles. The summed E-state index contributed by atoms with van der Waals surface area (Å²) in [6, 6.07) is 4.72. The van der Waals surface area contributed by atoms with Crippen LogP contribution in [0.4, 0.5) is 9.80 Å². The number of carbonyl (C=O) groups is 3. The van der Waals surface area contributed by atoms with E-state index in [0.717, 1.165) is 11.3 Å². The van der Waals surface area contributed by atoms with Gasteiger partial charge in [-0.3, -0.25) is 14.9 Å². The highest BCUT2D eigenvalue weighted by Gasteiger charge is 2.18. The van der Waals surface area contributed by atoms with Gasteiger partial charge in [0.1, 0.15) is 5.00 Å². The second-order valence-electron chi connectivity index (χ2n) is 3.90. The van der Waals surface area contributed by atoms with E-state index in [4.69, 9.17) is 11.6 Å². The van der Waals surface area contributed by atoms with Crippen molar-refractivity contribution in [3.05, 3.63) is 38.4 Å². The van der Waals surface area contributed by atoms with Crippen LogP contribution >= 0.6 is 34.3 Å². The molecular formula is C13H11ClN2O4S2. The average molecular weight is 359 g/mol. The maximum atomic E-state index is 12.0. The fourth-order valence-corrected chi connectivity index (χ4v) is 3.23. The van der Waals surface area contributed by atoms with Gasteiger partial charge in [0.25, 0.3) is 11.8 Å². The van der Waals surface area contributed by atoms with Crippen molar-refractivity contribution in [2.45, 2.75) is 6.92 Å². The lowest BCUT2D eigenvalue weighted by Gasteiger charge is -2.06. The Labute approximate surface area is 139 Å². The van der Waals surface area contributed by atoms with E-state index in [1.165, 1.54) is 17.4 Å². The zero-order valence-electron chi connectivity index (χ0n) is 11.3. The van der Waals surface area contributed by atoms with E-state index in [0.29, 0.717) is 14.2 Å². The zero-order chi connectivity index (χ0) is 16.1. The summed E-state index contributed by atoms with van der Waals surface area (Å²) < 4.78 is 5.13. The number of rotatable bonds is 4. The van der Waals surface area contributed by atoms with Crippen molar-refractivity contribution in [2.75, 3.05) is 11.9 Å². The van der Waals surface area contributed by atoms with Crippen LogP contribution in [0.15, 0.2) is 23.6 Å². The molecule has 0 atom stereocenters. The van der Waals surface area contributed by atoms with Crippen LogP contribution in [0, 0.1) is 0 Å². The molecule has 0 unspecified atom stereocenters. The van der Waals surface area contributed by atoms with Crippen LogP contribution in [0.1, 0.15) is 27.0 Å². The quantitative estimate of drug-likeness (QED) is 0.874. The molecule has 0 bridgehead atoms. The summed E-state index contributed by atoms with van der Waals surface area (Å²) >= 11 is 8.09. The molecule has 0 saturated carbocycles. The number of amides is 3. The van der Waals surface area contributed by atoms with Crippen LogP contribution in [0.3, 0.4) is 0 Å². The highest BCUT2D eigenvalue weighted by atomic mass is 35.5. The van der Waals surface area contributed by atoms with E-state index < -0.39 is 12.0 Å². The number of alkyl carbamates (subject to hydrolysis) is 1. The van der Waals surface area contributed by atoms with Gasteiger partial charge in [-0.05, 0) is 30.5 Å². The zero-order valence-corrected chi connectivity index (χ0v) is 13.7. The van der Waals surface area contributed by atoms with E-state index >= 15 is 0 Å². The van der Waals surface area contributed by atoms with Crippen molar-refractivity contribution < 1.29 is 19.1 Å². The Morgan fingerprint density at radius 2 is 2.00 bits per heavy atom. The summed E-state index contributed by atoms with van der Waals surface area (Å²) in [6.07, 6.45) is -0.832. The van der Waals surface area contributed by atoms with Gasteiger partial charge in [0.05, 0.1) is 21.4 Å². The van der Waals surface area contributed by atoms with Crippen LogP contribution in [0.2, 0.25) is 4.34 Å². The number of imide groups is 1. The van der Waals surface area contributed by atoms with Gasteiger partial charge in [-0.1, -0.05) is 11.6 Å². The molecule has 2 heterocycles. The number of anilines is 1. The number of halogens is 1. The fraction of sp³-hybridized carbons (Fsp3) is 0.154. The molecule has 0 radical (unpaired) electrons. The number of hydrogen-bond acceptors (Lipinski definition) is 6. The number of ether oxygens (including phenoxy) is 1. The van der Waals surface area contributed by atoms with Gasteiger partial charge in [0.2, 0.25) is 0 Å². The van der Waals surface area contributed by atoms with Crippen molar-refractivity contribution >= 4 is 57.2 Å². The minimum atomic E-state index is -0.832. The topological polar surface area (TPSA) is 84.5 Å². The highest BCUT2D eigenvalue weighted by Crippen LogP contribution is 2.26. The van der Waals surface area contributed by atoms with Gasteiger partial charge in [0, 0.05) is 0 Å². The lowest BCUT2D eigenvalue weighted by Crippen LogP contribution is -2.31. The highest BCUT2D eigenvalue weighted by molar-refractivity contribution is 7.18. The molecule has 116 valence electrons. The molecule has 0 saturated heterocycles. The summed E-state index contributed by atoms with van der Waals surface area (Å²) in [5.74, 6) is -1.01. The minimum absolute atomic E-state index is 0.158. The number of thiophene rings is 2. The standard InChI is InChI=1S/C13H11ClN2O4S2/c1-2-20-13(19)16-10(17)7-5-6-21-12(7)15-11(18)8-3-4-9(14)22-8/h3-6H,2H2,1H3,(H,15,18)(H,16,17,19). The molecule has 2 aromatic rings. The molecule has 22 heavy (non-hydrogen) atoms. The first-order valence-electron chi connectivity index (χ1n) is 6.13. The Kier molecular flexibility index (Phi) is 5.53. The van der Waals surface area contributed by atoms with Crippen molar-refractivity contribution in [1.82, 2.24) is 5.32 Å². The average Bonchev–Trinajstić information content (AvgIpc) is 3.07. The monoisotopic (exact) mass is 358 g/mol. The number of hydrogen-bond donors (Lipinski definition) is 2. The summed E-state index contributed by atoms with van der Waals surface area (Å²) in [5, 5.41) is 6.68. The third kappa shape index (κ3) is 4.06. The minimum Gasteiger partial charge on any atom is -0.450 e. The third-order valence-corrected chi connectivity index (χ3v) is 4.48. The van der Waals surface area contributed by atoms with E-state index in [1.807, 2.05) is 0 Å². The van der Waals surface area contributed by atoms with Crippen LogP contribution in [-0.4, -0.2) is 24.5 Å². The van der Waals surface area contributed by atoms with Gasteiger partial charge in [-0.2, -0.15) is 0 Å². The first-order chi connectivity index (χ1) is 10.5. The van der Waals surface area contributed by atoms with Gasteiger partial charge >= 0.3 is 6.09 Å². The molecule has 0 aromatic carbocycles. The first-order valence-corrected chi connectivity index (χ1v) is 8.21. The van der Waals surface area contributed by atoms with E-state index in [1.54, 1.807) is 24.4 Å². The summed E-state index contributed by atoms with van der Waals surface area (Å²) in [5.41, 5.74) is 0.189. The molecule has 2 N–H and O–H groups in total. The van der Waals surface area contributed by atoms with Crippen molar-refractivity contribution in [3.8, 4) is 0 Å². The molecule has 3 amide bonds. The van der Waals surface area contributed by atoms with E-state index in [9.17, 15) is 14.4 Å². The molecule has 0 aliphatic carbocycles. The van der Waals surface area contributed by atoms with Gasteiger partial charge < -0.3 is 10.1 Å². The Morgan fingerprint density at radius 3 is 2.64 bits per heavy atom. The molecular weight excluding hydrogens is 348 g/mol. The Morgan fingerprint density at radius 1 is 1.23 bits per heavy atom. The maximum absolute atomic E-state index is 12.0. The molecule has 2 rings (SSSR count). The van der Waals surface area contributed by atoms with Crippen molar-refractivity contribution in [3.63, 3.8) is 0 Å². The summed E-state index contributed by atoms with van der Waals surface area (Å²) in [7, 11) is 0. The molecule has 9 heteroatoms. The smallest absolute Gasteiger partial charge is 0.414 e. The maximum Gasteiger partial charge on any atom is 0.414 e. The fourth-order valence-electron chi connectivity index (χ4n) is 1.51. The second kappa shape index (κ2) is 7.39. The summed E-state index contributed by atoms with van der Waals surface area (Å²) in [6.45, 7) is 1.79. The van der Waals surface area contributed by atoms with Crippen LogP contribution in [-0.2, 0) is 4.74 Å². The van der Waals surface area contributed by atoms with E-state index in [2.05, 4.69) is 15.4 Å². The van der Waals surface area contributed by atoms with Crippen molar-refractivity contribution in [2.24, 2.45) is 0 Å². The Bertz CT molecular complexity index is 710. The lowest BCUT2D eigenvalue weighted by molar-refractivity contribution is 0.0926. The van der Waals surface area contributed by atoms with Crippen LogP contribution in [0.25, 0.3) is 0 Å². The van der Waals surface area contributed by atoms with Crippen molar-refractivity contribution in [1.29, 1.82) is 0 Å². The van der Waals surface area contributed by atoms with Gasteiger partial charge in [-0.15, -0.1) is 22.7 Å². The van der Waals surface area contributed by atoms with E-state index in [-0.39, 0.29) is 18.1 Å². The lowest BCUT2D eigenvalue weighted by atomic mass is 10.3. The Hall–Kier alpha value is -1.90. The molecule has 0 spiro atoms. The second-order valence-corrected chi connectivity index (χ2v) is 6.53. The predicted octanol–water partition coefficient (Wildman–Crippen LogP) is 3.60. The largest absolute Gasteiger partial charge is 0.450 e. The first kappa shape index (κ1) is 16.5. The summed E-state index contributed by atoms with van der Waals surface area (Å²) in [4.78, 5) is 35.7. The van der Waals surface area contributed by atoms with Crippen LogP contribution in [0.5, 0.6) is 0 Å². The number of carbonyl (C=O) groups excluding carboxylic acids is 3. The Balaban J connectivity index is 2.07. The predicted molar refractivity (Wildman–Crippen MR) is 86.1 cm³/mol. The SMILES string of the molecule is CCOC(=O)NC(=O)c1ccsc1NC(=O)c1ccc(Cl)s1. The van der Waals surface area contributed by atoms with Gasteiger partial charge in [0.15, 0.2) is 0 Å². The van der Waals surface area contributed by atoms with Gasteiger partial charge in [-0.25, -0.2) is 4.79 Å². The normalized spacial score (nSPS) is 10.1. The molecule has 0 aliphatic heterocycles. The van der Waals surface area contributed by atoms with Crippen LogP contribution < -0.4 is 10.6 Å². The molecule has 0 aliphatic rings. The molecule has 0 fully saturated rings. The molecule has 6 nitrogen and oxygen atoms in total.